The molecular formula is C24H34O3. The zero-order valence-electron chi connectivity index (χ0n) is 17.5. The van der Waals surface area contributed by atoms with E-state index in [1.54, 1.807) is 0 Å². The van der Waals surface area contributed by atoms with Crippen LogP contribution in [0.5, 0.6) is 11.5 Å². The van der Waals surface area contributed by atoms with Crippen molar-refractivity contribution >= 4 is 5.57 Å². The van der Waals surface area contributed by atoms with E-state index >= 15 is 0 Å². The molecule has 27 heavy (non-hydrogen) atoms. The van der Waals surface area contributed by atoms with Crippen LogP contribution in [0.25, 0.3) is 5.57 Å². The molecule has 2 bridgehead atoms. The van der Waals surface area contributed by atoms with Crippen molar-refractivity contribution in [3.8, 4) is 11.5 Å². The van der Waals surface area contributed by atoms with Crippen LogP contribution in [-0.2, 0) is 0 Å². The third-order valence-corrected chi connectivity index (χ3v) is 6.37. The van der Waals surface area contributed by atoms with Gasteiger partial charge in [-0.1, -0.05) is 36.5 Å². The first-order valence-electron chi connectivity index (χ1n) is 10.4. The smallest absolute Gasteiger partial charge is 0.209 e. The summed E-state index contributed by atoms with van der Waals surface area (Å²) in [7, 11) is 0. The Labute approximate surface area is 163 Å². The Hall–Kier alpha value is -1.74. The van der Waals surface area contributed by atoms with Gasteiger partial charge in [0.2, 0.25) is 5.79 Å². The molecule has 0 radical (unpaired) electrons. The summed E-state index contributed by atoms with van der Waals surface area (Å²) in [6, 6.07) is 3.89. The lowest BCUT2D eigenvalue weighted by molar-refractivity contribution is -0.165. The number of unbranched alkanes of at least 4 members (excludes halogenated alkanes) is 2. The molecule has 148 valence electrons. The average Bonchev–Trinajstić information content (AvgIpc) is 2.59. The number of hydrogen-bond acceptors (Lipinski definition) is 3. The highest BCUT2D eigenvalue weighted by Gasteiger charge is 2.46. The standard InChI is InChI=1S/C24H34O3/c1-6-7-8-9-16(4)17(5)18-12-21(25)23-20-14-24(26,27-22(23)13-18)11-10-19(20)15(2)3/h12-13,20,25-26H,6-11,14H2,1-5H3. The summed E-state index contributed by atoms with van der Waals surface area (Å²) in [6.45, 7) is 10.7. The molecule has 2 unspecified atom stereocenters. The topological polar surface area (TPSA) is 49.7 Å². The molecule has 1 aromatic rings. The van der Waals surface area contributed by atoms with Gasteiger partial charge in [0.25, 0.3) is 0 Å². The first-order valence-corrected chi connectivity index (χ1v) is 10.4. The fraction of sp³-hybridized carbons (Fsp3) is 0.583. The van der Waals surface area contributed by atoms with Crippen LogP contribution in [0.15, 0.2) is 28.9 Å². The molecule has 1 fully saturated rings. The number of hydrogen-bond donors (Lipinski definition) is 2. The van der Waals surface area contributed by atoms with E-state index in [-0.39, 0.29) is 11.7 Å². The van der Waals surface area contributed by atoms with Crippen LogP contribution in [0.1, 0.15) is 96.6 Å². The molecule has 0 spiro atoms. The molecule has 3 heteroatoms. The van der Waals surface area contributed by atoms with Gasteiger partial charge in [0.1, 0.15) is 11.5 Å². The van der Waals surface area contributed by atoms with Crippen LogP contribution in [-0.4, -0.2) is 16.0 Å². The third kappa shape index (κ3) is 3.94. The molecule has 1 saturated carbocycles. The quantitative estimate of drug-likeness (QED) is 0.462. The normalized spacial score (nSPS) is 24.8. The van der Waals surface area contributed by atoms with E-state index in [4.69, 9.17) is 4.74 Å². The lowest BCUT2D eigenvalue weighted by Crippen LogP contribution is -2.44. The van der Waals surface area contributed by atoms with Gasteiger partial charge in [0.15, 0.2) is 0 Å². The molecule has 2 N–H and O–H groups in total. The predicted molar refractivity (Wildman–Crippen MR) is 111 cm³/mol. The van der Waals surface area contributed by atoms with Crippen molar-refractivity contribution in [1.29, 1.82) is 0 Å². The molecule has 2 aliphatic rings. The van der Waals surface area contributed by atoms with Gasteiger partial charge in [0, 0.05) is 24.3 Å². The van der Waals surface area contributed by atoms with Crippen molar-refractivity contribution < 1.29 is 14.9 Å². The zero-order valence-corrected chi connectivity index (χ0v) is 17.5. The molecule has 0 aromatic heterocycles. The van der Waals surface area contributed by atoms with Gasteiger partial charge in [-0.3, -0.25) is 0 Å². The Balaban J connectivity index is 2.01. The molecule has 1 aliphatic carbocycles. The first kappa shape index (κ1) is 20.0. The summed E-state index contributed by atoms with van der Waals surface area (Å²) in [5, 5.41) is 21.8. The minimum Gasteiger partial charge on any atom is -0.507 e. The van der Waals surface area contributed by atoms with Gasteiger partial charge < -0.3 is 14.9 Å². The molecular weight excluding hydrogens is 336 g/mol. The number of benzene rings is 1. The van der Waals surface area contributed by atoms with Gasteiger partial charge in [-0.2, -0.15) is 0 Å². The lowest BCUT2D eigenvalue weighted by atomic mass is 9.72. The molecule has 3 nitrogen and oxygen atoms in total. The fourth-order valence-electron chi connectivity index (χ4n) is 4.56. The van der Waals surface area contributed by atoms with E-state index in [1.807, 2.05) is 12.1 Å². The molecule has 2 atom stereocenters. The van der Waals surface area contributed by atoms with E-state index in [9.17, 15) is 10.2 Å². The number of aromatic hydroxyl groups is 1. The second-order valence-corrected chi connectivity index (χ2v) is 8.60. The number of allylic oxidation sites excluding steroid dienone is 4. The van der Waals surface area contributed by atoms with Crippen molar-refractivity contribution in [2.45, 2.75) is 91.3 Å². The molecule has 1 aliphatic heterocycles. The van der Waals surface area contributed by atoms with Crippen molar-refractivity contribution in [2.24, 2.45) is 0 Å². The van der Waals surface area contributed by atoms with Crippen LogP contribution in [0.4, 0.5) is 0 Å². The third-order valence-electron chi connectivity index (χ3n) is 6.37. The largest absolute Gasteiger partial charge is 0.507 e. The Kier molecular flexibility index (Phi) is 5.71. The van der Waals surface area contributed by atoms with E-state index in [1.165, 1.54) is 41.6 Å². The van der Waals surface area contributed by atoms with Crippen molar-refractivity contribution in [3.63, 3.8) is 0 Å². The van der Waals surface area contributed by atoms with E-state index < -0.39 is 5.79 Å². The van der Waals surface area contributed by atoms with E-state index in [2.05, 4.69) is 34.6 Å². The van der Waals surface area contributed by atoms with Gasteiger partial charge in [0.05, 0.1) is 0 Å². The molecule has 3 rings (SSSR count). The predicted octanol–water partition coefficient (Wildman–Crippen LogP) is 6.45. The van der Waals surface area contributed by atoms with Crippen LogP contribution in [0.3, 0.4) is 0 Å². The number of phenols is 1. The number of phenolic OH excluding ortho intramolecular Hbond substituents is 1. The Morgan fingerprint density at radius 3 is 2.59 bits per heavy atom. The van der Waals surface area contributed by atoms with Crippen LogP contribution in [0.2, 0.25) is 0 Å². The van der Waals surface area contributed by atoms with Gasteiger partial charge in [-0.15, -0.1) is 0 Å². The van der Waals surface area contributed by atoms with Crippen LogP contribution in [0, 0.1) is 0 Å². The second kappa shape index (κ2) is 7.71. The molecule has 1 aromatic carbocycles. The fourth-order valence-corrected chi connectivity index (χ4v) is 4.56. The first-order chi connectivity index (χ1) is 12.8. The summed E-state index contributed by atoms with van der Waals surface area (Å²) in [5.74, 6) is -0.143. The highest BCUT2D eigenvalue weighted by Crippen LogP contribution is 2.54. The van der Waals surface area contributed by atoms with Gasteiger partial charge in [-0.25, -0.2) is 0 Å². The number of ether oxygens (including phenoxy) is 1. The van der Waals surface area contributed by atoms with E-state index in [0.717, 1.165) is 24.0 Å². The second-order valence-electron chi connectivity index (χ2n) is 8.60. The van der Waals surface area contributed by atoms with Crippen molar-refractivity contribution in [1.82, 2.24) is 0 Å². The summed E-state index contributed by atoms with van der Waals surface area (Å²) in [4.78, 5) is 0. The minimum atomic E-state index is -1.12. The Morgan fingerprint density at radius 1 is 1.19 bits per heavy atom. The highest BCUT2D eigenvalue weighted by atomic mass is 16.6. The van der Waals surface area contributed by atoms with Gasteiger partial charge in [-0.05, 0) is 70.2 Å². The lowest BCUT2D eigenvalue weighted by Gasteiger charge is -2.44. The summed E-state index contributed by atoms with van der Waals surface area (Å²) < 4.78 is 6.02. The SMILES string of the molecule is CCCCCC(C)=C(C)c1cc(O)c2c(c1)OC1(O)CCC(=C(C)C)C2C1. The maximum Gasteiger partial charge on any atom is 0.209 e. The Morgan fingerprint density at radius 2 is 1.93 bits per heavy atom. The van der Waals surface area contributed by atoms with Crippen LogP contribution >= 0.6 is 0 Å². The number of rotatable bonds is 5. The summed E-state index contributed by atoms with van der Waals surface area (Å²) in [6.07, 6.45) is 6.68. The zero-order chi connectivity index (χ0) is 19.8. The minimum absolute atomic E-state index is 0.0430. The van der Waals surface area contributed by atoms with E-state index in [0.29, 0.717) is 18.6 Å². The van der Waals surface area contributed by atoms with Gasteiger partial charge >= 0.3 is 0 Å². The van der Waals surface area contributed by atoms with Crippen LogP contribution < -0.4 is 4.74 Å². The van der Waals surface area contributed by atoms with Crippen molar-refractivity contribution in [2.75, 3.05) is 0 Å². The maximum atomic E-state index is 10.9. The maximum absolute atomic E-state index is 10.9. The average molecular weight is 371 g/mol. The van der Waals surface area contributed by atoms with Crippen molar-refractivity contribution in [3.05, 3.63) is 40.0 Å². The molecule has 1 heterocycles. The monoisotopic (exact) mass is 370 g/mol. The number of aliphatic hydroxyl groups is 1. The number of fused-ring (bicyclic) bond motifs is 4. The Bertz CT molecular complexity index is 783. The summed E-state index contributed by atoms with van der Waals surface area (Å²) in [5.41, 5.74) is 6.98. The molecule has 0 amide bonds. The summed E-state index contributed by atoms with van der Waals surface area (Å²) >= 11 is 0. The molecule has 0 saturated heterocycles. The highest BCUT2D eigenvalue weighted by molar-refractivity contribution is 5.71.